The second-order valence-electron chi connectivity index (χ2n) is 1.70. The molecule has 9 heavy (non-hydrogen) atoms. The first kappa shape index (κ1) is 7.77. The SMILES string of the molecule is C=C(C)C(=O)CC#CN. The van der Waals surface area contributed by atoms with Crippen molar-refractivity contribution in [3.05, 3.63) is 12.2 Å². The van der Waals surface area contributed by atoms with Gasteiger partial charge in [0, 0.05) is 6.04 Å². The Morgan fingerprint density at radius 3 is 2.67 bits per heavy atom. The lowest BCUT2D eigenvalue weighted by Gasteiger charge is -1.88. The van der Waals surface area contributed by atoms with Crippen LogP contribution in [0.4, 0.5) is 0 Å². The van der Waals surface area contributed by atoms with E-state index in [0.717, 1.165) is 0 Å². The van der Waals surface area contributed by atoms with E-state index in [1.807, 2.05) is 0 Å². The minimum Gasteiger partial charge on any atom is -0.359 e. The maximum Gasteiger partial charge on any atom is 0.169 e. The largest absolute Gasteiger partial charge is 0.359 e. The summed E-state index contributed by atoms with van der Waals surface area (Å²) in [5.74, 6) is 2.40. The zero-order valence-electron chi connectivity index (χ0n) is 5.40. The van der Waals surface area contributed by atoms with Gasteiger partial charge in [0.15, 0.2) is 5.78 Å². The third-order valence-corrected chi connectivity index (χ3v) is 0.827. The second kappa shape index (κ2) is 3.73. The standard InChI is InChI=1S/C7H9NO/c1-6(2)7(9)4-3-5-8/h1,4,8H2,2H3. The summed E-state index contributed by atoms with van der Waals surface area (Å²) in [6, 6.07) is 2.14. The Labute approximate surface area is 54.7 Å². The summed E-state index contributed by atoms with van der Waals surface area (Å²) in [6.45, 7) is 5.10. The molecule has 0 unspecified atom stereocenters. The first-order valence-electron chi connectivity index (χ1n) is 2.55. The first-order valence-corrected chi connectivity index (χ1v) is 2.55. The van der Waals surface area contributed by atoms with Crippen LogP contribution in [0.3, 0.4) is 0 Å². The van der Waals surface area contributed by atoms with Crippen LogP contribution in [0, 0.1) is 12.0 Å². The third-order valence-electron chi connectivity index (χ3n) is 0.827. The molecule has 0 saturated carbocycles. The second-order valence-corrected chi connectivity index (χ2v) is 1.70. The predicted octanol–water partition coefficient (Wildman–Crippen LogP) is 0.441. The predicted molar refractivity (Wildman–Crippen MR) is 36.4 cm³/mol. The highest BCUT2D eigenvalue weighted by molar-refractivity contribution is 5.95. The van der Waals surface area contributed by atoms with Gasteiger partial charge in [-0.1, -0.05) is 12.5 Å². The third kappa shape index (κ3) is 3.36. The van der Waals surface area contributed by atoms with E-state index >= 15 is 0 Å². The molecular formula is C7H9NO. The Morgan fingerprint density at radius 2 is 2.33 bits per heavy atom. The summed E-state index contributed by atoms with van der Waals surface area (Å²) >= 11 is 0. The molecule has 48 valence electrons. The van der Waals surface area contributed by atoms with Gasteiger partial charge in [0.25, 0.3) is 0 Å². The summed E-state index contributed by atoms with van der Waals surface area (Å²) in [7, 11) is 0. The Morgan fingerprint density at radius 1 is 1.78 bits per heavy atom. The van der Waals surface area contributed by atoms with Crippen LogP contribution in [0.15, 0.2) is 12.2 Å². The summed E-state index contributed by atoms with van der Waals surface area (Å²) in [5, 5.41) is 0. The highest BCUT2D eigenvalue weighted by Crippen LogP contribution is 1.92. The van der Waals surface area contributed by atoms with Gasteiger partial charge in [-0.3, -0.25) is 4.79 Å². The molecule has 0 aromatic rings. The van der Waals surface area contributed by atoms with Crippen molar-refractivity contribution in [1.29, 1.82) is 0 Å². The van der Waals surface area contributed by atoms with Crippen molar-refractivity contribution in [2.24, 2.45) is 5.73 Å². The van der Waals surface area contributed by atoms with E-state index in [4.69, 9.17) is 5.73 Å². The van der Waals surface area contributed by atoms with Gasteiger partial charge in [-0.2, -0.15) is 0 Å². The zero-order valence-corrected chi connectivity index (χ0v) is 5.40. The number of Topliss-reactive ketones (excluding diaryl/α,β-unsaturated/α-hetero) is 1. The van der Waals surface area contributed by atoms with E-state index in [1.165, 1.54) is 0 Å². The van der Waals surface area contributed by atoms with Crippen LogP contribution in [0.1, 0.15) is 13.3 Å². The fraction of sp³-hybridized carbons (Fsp3) is 0.286. The van der Waals surface area contributed by atoms with Crippen LogP contribution in [-0.4, -0.2) is 5.78 Å². The maximum atomic E-state index is 10.6. The van der Waals surface area contributed by atoms with Gasteiger partial charge >= 0.3 is 0 Å². The first-order chi connectivity index (χ1) is 4.18. The van der Waals surface area contributed by atoms with Crippen molar-refractivity contribution in [1.82, 2.24) is 0 Å². The van der Waals surface area contributed by atoms with Gasteiger partial charge < -0.3 is 5.73 Å². The molecule has 0 aromatic carbocycles. The lowest BCUT2D eigenvalue weighted by molar-refractivity contribution is -0.114. The van der Waals surface area contributed by atoms with Crippen LogP contribution in [0.2, 0.25) is 0 Å². The average molecular weight is 123 g/mol. The molecule has 0 bridgehead atoms. The Kier molecular flexibility index (Phi) is 3.22. The molecule has 0 spiro atoms. The monoisotopic (exact) mass is 123 g/mol. The normalized spacial score (nSPS) is 7.22. The zero-order chi connectivity index (χ0) is 7.28. The lowest BCUT2D eigenvalue weighted by Crippen LogP contribution is -1.95. The maximum absolute atomic E-state index is 10.6. The molecule has 0 aliphatic carbocycles. The molecule has 2 heteroatoms. The average Bonchev–Trinajstić information content (AvgIpc) is 1.82. The van der Waals surface area contributed by atoms with E-state index < -0.39 is 0 Å². The van der Waals surface area contributed by atoms with E-state index in [9.17, 15) is 4.79 Å². The number of ketones is 1. The van der Waals surface area contributed by atoms with E-state index in [1.54, 1.807) is 6.92 Å². The van der Waals surface area contributed by atoms with Crippen molar-refractivity contribution >= 4 is 5.78 Å². The van der Waals surface area contributed by atoms with E-state index in [-0.39, 0.29) is 12.2 Å². The number of nitrogens with two attached hydrogens (primary N) is 1. The van der Waals surface area contributed by atoms with Gasteiger partial charge in [0.1, 0.15) is 0 Å². The summed E-state index contributed by atoms with van der Waals surface area (Å²) in [4.78, 5) is 10.6. The lowest BCUT2D eigenvalue weighted by atomic mass is 10.2. The smallest absolute Gasteiger partial charge is 0.169 e. The minimum atomic E-state index is -0.0482. The Hall–Kier alpha value is -1.23. The van der Waals surface area contributed by atoms with Crippen LogP contribution < -0.4 is 5.73 Å². The molecule has 0 aromatic heterocycles. The van der Waals surface area contributed by atoms with Crippen molar-refractivity contribution in [3.8, 4) is 12.0 Å². The highest BCUT2D eigenvalue weighted by Gasteiger charge is 1.96. The molecular weight excluding hydrogens is 114 g/mol. The van der Waals surface area contributed by atoms with Crippen LogP contribution in [0.25, 0.3) is 0 Å². The quantitative estimate of drug-likeness (QED) is 0.329. The van der Waals surface area contributed by atoms with E-state index in [2.05, 4.69) is 18.5 Å². The number of hydrogen-bond donors (Lipinski definition) is 1. The topological polar surface area (TPSA) is 43.1 Å². The van der Waals surface area contributed by atoms with Crippen LogP contribution in [-0.2, 0) is 4.79 Å². The number of hydrogen-bond acceptors (Lipinski definition) is 2. The number of rotatable bonds is 2. The van der Waals surface area contributed by atoms with Crippen molar-refractivity contribution < 1.29 is 4.79 Å². The fourth-order valence-electron chi connectivity index (χ4n) is 0.282. The molecule has 0 fully saturated rings. The molecule has 0 aliphatic rings. The van der Waals surface area contributed by atoms with Crippen molar-refractivity contribution in [3.63, 3.8) is 0 Å². The van der Waals surface area contributed by atoms with Gasteiger partial charge in [0.05, 0.1) is 6.42 Å². The van der Waals surface area contributed by atoms with Crippen molar-refractivity contribution in [2.45, 2.75) is 13.3 Å². The molecule has 0 aliphatic heterocycles. The van der Waals surface area contributed by atoms with Crippen LogP contribution >= 0.6 is 0 Å². The molecule has 2 N–H and O–H groups in total. The molecule has 0 rings (SSSR count). The Bertz CT molecular complexity index is 183. The number of carbonyl (C=O) groups is 1. The Balaban J connectivity index is 3.74. The fourth-order valence-corrected chi connectivity index (χ4v) is 0.282. The van der Waals surface area contributed by atoms with Gasteiger partial charge in [-0.15, -0.1) is 0 Å². The minimum absolute atomic E-state index is 0.0482. The molecule has 2 nitrogen and oxygen atoms in total. The highest BCUT2D eigenvalue weighted by atomic mass is 16.1. The molecule has 0 radical (unpaired) electrons. The molecule has 0 amide bonds. The van der Waals surface area contributed by atoms with Crippen LogP contribution in [0.5, 0.6) is 0 Å². The number of carbonyl (C=O) groups excluding carboxylic acids is 1. The molecule has 0 atom stereocenters. The molecule has 0 saturated heterocycles. The van der Waals surface area contributed by atoms with Crippen molar-refractivity contribution in [2.75, 3.05) is 0 Å². The van der Waals surface area contributed by atoms with Gasteiger partial charge in [-0.25, -0.2) is 0 Å². The summed E-state index contributed by atoms with van der Waals surface area (Å²) in [5.41, 5.74) is 5.36. The molecule has 0 heterocycles. The summed E-state index contributed by atoms with van der Waals surface area (Å²) in [6.07, 6.45) is 0.186. The van der Waals surface area contributed by atoms with Gasteiger partial charge in [-0.05, 0) is 12.5 Å². The van der Waals surface area contributed by atoms with E-state index in [0.29, 0.717) is 5.57 Å². The summed E-state index contributed by atoms with van der Waals surface area (Å²) < 4.78 is 0. The number of allylic oxidation sites excluding steroid dienone is 1. The van der Waals surface area contributed by atoms with Gasteiger partial charge in [0.2, 0.25) is 0 Å².